The summed E-state index contributed by atoms with van der Waals surface area (Å²) in [6.45, 7) is -0.758. The van der Waals surface area contributed by atoms with Gasteiger partial charge in [-0.15, -0.1) is 0 Å². The zero-order chi connectivity index (χ0) is 28.6. The van der Waals surface area contributed by atoms with Crippen molar-refractivity contribution in [3.63, 3.8) is 0 Å². The van der Waals surface area contributed by atoms with Crippen LogP contribution in [0.15, 0.2) is 39.5 Å². The lowest BCUT2D eigenvalue weighted by atomic mass is 9.99. The molecule has 2 aliphatic heterocycles. The number of carbonyl (C=O) groups excluding carboxylic acids is 2. The number of hydrogen-bond acceptors (Lipinski definition) is 15. The van der Waals surface area contributed by atoms with Crippen molar-refractivity contribution in [1.82, 2.24) is 0 Å². The fourth-order valence-electron chi connectivity index (χ4n) is 3.81. The van der Waals surface area contributed by atoms with Gasteiger partial charge in [-0.2, -0.15) is 0 Å². The van der Waals surface area contributed by atoms with Crippen LogP contribution in [0.25, 0.3) is 22.6 Å². The van der Waals surface area contributed by atoms with Gasteiger partial charge >= 0.3 is 5.97 Å². The molecule has 6 N–H and O–H groups in total. The maximum Gasteiger partial charge on any atom is 0.311 e. The number of aliphatic hydroxyl groups excluding tert-OH is 3. The van der Waals surface area contributed by atoms with E-state index in [0.29, 0.717) is 0 Å². The molecule has 0 bridgehead atoms. The maximum absolute atomic E-state index is 11.9. The largest absolute Gasteiger partial charge is 0.867 e. The second-order valence-corrected chi connectivity index (χ2v) is 8.50. The lowest BCUT2D eigenvalue weighted by Gasteiger charge is -2.40. The number of aromatic hydroxyl groups is 3. The number of fused-ring (bicyclic) bond motifs is 1. The maximum atomic E-state index is 11.9. The van der Waals surface area contributed by atoms with Gasteiger partial charge in [-0.1, -0.05) is 0 Å². The van der Waals surface area contributed by atoms with Gasteiger partial charge in [0.15, 0.2) is 16.9 Å². The Morgan fingerprint density at radius 3 is 2.23 bits per heavy atom. The third-order valence-corrected chi connectivity index (χ3v) is 5.73. The summed E-state index contributed by atoms with van der Waals surface area (Å²) in [4.78, 5) is 34.0. The van der Waals surface area contributed by atoms with Gasteiger partial charge in [-0.3, -0.25) is 9.59 Å². The number of carboxylic acids is 1. The molecule has 0 radical (unpaired) electrons. The predicted octanol–water partition coefficient (Wildman–Crippen LogP) is -2.53. The third kappa shape index (κ3) is 5.65. The van der Waals surface area contributed by atoms with Crippen LogP contribution in [-0.2, 0) is 19.1 Å². The van der Waals surface area contributed by atoms with Crippen molar-refractivity contribution < 1.29 is 69.1 Å². The van der Waals surface area contributed by atoms with Gasteiger partial charge in [-0.25, -0.2) is 0 Å². The molecule has 15 nitrogen and oxygen atoms in total. The molecule has 0 unspecified atom stereocenters. The number of phenolic OH excluding ortho intramolecular Hbond substituents is 3. The summed E-state index contributed by atoms with van der Waals surface area (Å²) in [5, 5.41) is 83.4. The lowest BCUT2D eigenvalue weighted by Crippen LogP contribution is -2.60. The van der Waals surface area contributed by atoms with Crippen LogP contribution in [0, 0.1) is 0 Å². The number of rotatable bonds is 7. The van der Waals surface area contributed by atoms with Crippen molar-refractivity contribution in [3.8, 4) is 51.4 Å². The van der Waals surface area contributed by atoms with Crippen LogP contribution in [0.3, 0.4) is 0 Å². The first-order chi connectivity index (χ1) is 18.3. The first-order valence-corrected chi connectivity index (χ1v) is 11.1. The fourth-order valence-corrected chi connectivity index (χ4v) is 3.81. The zero-order valence-electron chi connectivity index (χ0n) is 19.5. The highest BCUT2D eigenvalue weighted by Gasteiger charge is 2.46. The molecule has 3 aliphatic rings. The van der Waals surface area contributed by atoms with Gasteiger partial charge in [0, 0.05) is 17.7 Å². The van der Waals surface area contributed by atoms with Crippen LogP contribution in [0.4, 0.5) is 0 Å². The Morgan fingerprint density at radius 2 is 1.59 bits per heavy atom. The van der Waals surface area contributed by atoms with Crippen LogP contribution in [0.2, 0.25) is 0 Å². The van der Waals surface area contributed by atoms with Gasteiger partial charge in [0.25, 0.3) is 0 Å². The van der Waals surface area contributed by atoms with Crippen molar-refractivity contribution >= 4 is 11.9 Å². The number of aliphatic carboxylic acids is 1. The summed E-state index contributed by atoms with van der Waals surface area (Å²) in [7, 11) is 0. The van der Waals surface area contributed by atoms with Gasteiger partial charge in [0.05, 0.1) is 18.0 Å². The average molecular weight is 548 g/mol. The minimum Gasteiger partial charge on any atom is -0.867 e. The summed E-state index contributed by atoms with van der Waals surface area (Å²) in [5.41, 5.74) is -0.861. The number of benzene rings is 2. The highest BCUT2D eigenvalue weighted by atomic mass is 16.7. The summed E-state index contributed by atoms with van der Waals surface area (Å²) >= 11 is 0. The zero-order valence-corrected chi connectivity index (χ0v) is 19.5. The van der Waals surface area contributed by atoms with Gasteiger partial charge < -0.3 is 64.3 Å². The van der Waals surface area contributed by atoms with E-state index in [1.807, 2.05) is 0 Å². The second-order valence-electron chi connectivity index (χ2n) is 8.50. The molecule has 15 heteroatoms. The third-order valence-electron chi connectivity index (χ3n) is 5.73. The Labute approximate surface area is 217 Å². The lowest BCUT2D eigenvalue weighted by molar-refractivity contribution is -0.305. The number of phenols is 3. The van der Waals surface area contributed by atoms with Crippen molar-refractivity contribution in [1.29, 1.82) is 0 Å². The first kappa shape index (κ1) is 27.5. The monoisotopic (exact) mass is 548 g/mol. The Morgan fingerprint density at radius 1 is 0.923 bits per heavy atom. The van der Waals surface area contributed by atoms with E-state index >= 15 is 0 Å². The van der Waals surface area contributed by atoms with Crippen molar-refractivity contribution in [2.45, 2.75) is 37.1 Å². The van der Waals surface area contributed by atoms with Crippen molar-refractivity contribution in [2.24, 2.45) is 0 Å². The van der Waals surface area contributed by atoms with Crippen LogP contribution >= 0.6 is 0 Å². The molecule has 1 aromatic rings. The molecule has 2 heterocycles. The number of carboxylic acid groups (broad SMARTS) is 1. The molecule has 4 rings (SSSR count). The minimum absolute atomic E-state index is 0.0686. The number of carbonyl (C=O) groups is 2. The Bertz CT molecular complexity index is 1410. The topological polar surface area (TPSA) is 260 Å². The van der Waals surface area contributed by atoms with Gasteiger partial charge in [0.2, 0.25) is 6.29 Å². The molecule has 208 valence electrons. The molecular formula is C24H20O15-2. The van der Waals surface area contributed by atoms with Crippen LogP contribution in [0.1, 0.15) is 6.42 Å². The van der Waals surface area contributed by atoms with E-state index in [4.69, 9.17) is 18.6 Å². The van der Waals surface area contributed by atoms with E-state index < -0.39 is 84.1 Å². The summed E-state index contributed by atoms with van der Waals surface area (Å²) in [6.07, 6.45) is -10.1. The minimum atomic E-state index is -1.93. The number of esters is 1. The molecule has 1 saturated heterocycles. The number of hydrogen-bond donors (Lipinski definition) is 6. The van der Waals surface area contributed by atoms with E-state index in [9.17, 15) is 55.2 Å². The summed E-state index contributed by atoms with van der Waals surface area (Å²) in [6, 6.07) is 4.81. The molecule has 0 spiro atoms. The summed E-state index contributed by atoms with van der Waals surface area (Å²) in [5.74, 6) is -7.21. The Balaban J connectivity index is 1.73. The van der Waals surface area contributed by atoms with E-state index in [1.165, 1.54) is 0 Å². The first-order valence-electron chi connectivity index (χ1n) is 11.1. The standard InChI is InChI=1S/C24H22O15/c25-9-3-11(26)10-5-15(23(37-14(10)4-9)8-1-12(27)19(32)13(28)2-8)38-24-22(35)21(34)20(33)16(39-24)7-36-18(31)6-17(29)30/h1-5,16,20-22,24,26-28,32-35H,6-7H2,(H,29,30)/p-2/t16-,20-,21+,22-,24-/m1/s1. The van der Waals surface area contributed by atoms with Crippen molar-refractivity contribution in [3.05, 3.63) is 40.6 Å². The smallest absolute Gasteiger partial charge is 0.311 e. The number of ether oxygens (including phenoxy) is 3. The molecule has 0 amide bonds. The predicted molar refractivity (Wildman–Crippen MR) is 119 cm³/mol. The SMILES string of the molecule is O=C([O-])CC(=O)OC[C@H]1O[C@@H](Oc2cc3c(O)cc(=O)cc-3oc2-c2cc(O)c([O-])c(O)c2)[C@H](O)[C@@H](O)[C@@H]1O. The van der Waals surface area contributed by atoms with E-state index in [0.717, 1.165) is 30.3 Å². The van der Waals surface area contributed by atoms with Crippen LogP contribution < -0.4 is 20.4 Å². The molecule has 1 aliphatic carbocycles. The molecular weight excluding hydrogens is 528 g/mol. The molecule has 5 atom stereocenters. The van der Waals surface area contributed by atoms with Crippen LogP contribution in [0.5, 0.6) is 28.7 Å². The normalized spacial score (nSPS) is 22.9. The van der Waals surface area contributed by atoms with Gasteiger partial charge in [0.1, 0.15) is 54.0 Å². The van der Waals surface area contributed by atoms with E-state index in [2.05, 4.69) is 0 Å². The van der Waals surface area contributed by atoms with E-state index in [-0.39, 0.29) is 28.4 Å². The quantitative estimate of drug-likeness (QED) is 0.131. The second kappa shape index (κ2) is 10.7. The van der Waals surface area contributed by atoms with E-state index in [1.54, 1.807) is 0 Å². The highest BCUT2D eigenvalue weighted by Crippen LogP contribution is 2.44. The number of aliphatic hydroxyl groups is 3. The van der Waals surface area contributed by atoms with Crippen molar-refractivity contribution in [2.75, 3.05) is 6.61 Å². The Hall–Kier alpha value is -4.57. The average Bonchev–Trinajstić information content (AvgIpc) is 2.86. The fraction of sp³-hybridized carbons (Fsp3) is 0.292. The Kier molecular flexibility index (Phi) is 7.51. The van der Waals surface area contributed by atoms with Crippen LogP contribution in [-0.4, -0.2) is 79.9 Å². The summed E-state index contributed by atoms with van der Waals surface area (Å²) < 4.78 is 21.5. The molecule has 0 saturated carbocycles. The molecule has 1 fully saturated rings. The van der Waals surface area contributed by atoms with Gasteiger partial charge in [-0.05, 0) is 23.9 Å². The highest BCUT2D eigenvalue weighted by molar-refractivity contribution is 5.89. The molecule has 39 heavy (non-hydrogen) atoms. The molecule has 1 aromatic carbocycles. The molecule has 0 aromatic heterocycles.